The van der Waals surface area contributed by atoms with E-state index in [1.807, 2.05) is 0 Å². The Morgan fingerprint density at radius 2 is 1.82 bits per heavy atom. The van der Waals surface area contributed by atoms with Gasteiger partial charge in [0.05, 0.1) is 0 Å². The lowest BCUT2D eigenvalue weighted by Crippen LogP contribution is -1.89. The van der Waals surface area contributed by atoms with Gasteiger partial charge in [0.2, 0.25) is 0 Å². The normalized spacial score (nSPS) is 10.3. The lowest BCUT2D eigenvalue weighted by Gasteiger charge is -2.05. The van der Waals surface area contributed by atoms with Gasteiger partial charge in [-0.2, -0.15) is 0 Å². The van der Waals surface area contributed by atoms with E-state index in [-0.39, 0.29) is 10.6 Å². The summed E-state index contributed by atoms with van der Waals surface area (Å²) in [5, 5.41) is 0.177. The van der Waals surface area contributed by atoms with Crippen LogP contribution in [-0.2, 0) is 0 Å². The van der Waals surface area contributed by atoms with Crippen LogP contribution in [0, 0.1) is 11.6 Å². The molecular weight excluding hydrogens is 246 g/mol. The molecule has 0 unspecified atom stereocenters. The number of hydrogen-bond donors (Lipinski definition) is 0. The van der Waals surface area contributed by atoms with Crippen molar-refractivity contribution in [1.29, 1.82) is 0 Å². The summed E-state index contributed by atoms with van der Waals surface area (Å²) in [5.41, 5.74) is 0.772. The summed E-state index contributed by atoms with van der Waals surface area (Å²) in [6, 6.07) is 7.61. The Bertz CT molecular complexity index is 561. The van der Waals surface area contributed by atoms with Crippen LogP contribution in [0.3, 0.4) is 0 Å². The lowest BCUT2D eigenvalue weighted by molar-refractivity contribution is 0.112. The number of hydrogen-bond acceptors (Lipinski definition) is 1. The van der Waals surface area contributed by atoms with Crippen LogP contribution in [0.4, 0.5) is 8.78 Å². The van der Waals surface area contributed by atoms with Crippen LogP contribution in [-0.4, -0.2) is 6.29 Å². The summed E-state index contributed by atoms with van der Waals surface area (Å²) in [4.78, 5) is 10.6. The molecule has 4 heteroatoms. The average Bonchev–Trinajstić information content (AvgIpc) is 2.28. The molecule has 0 aromatic heterocycles. The number of carbonyl (C=O) groups excluding carboxylic acids is 1. The Hall–Kier alpha value is -1.74. The summed E-state index contributed by atoms with van der Waals surface area (Å²) in [6.45, 7) is 0. The fourth-order valence-electron chi connectivity index (χ4n) is 1.55. The van der Waals surface area contributed by atoms with Gasteiger partial charge < -0.3 is 0 Å². The first-order valence-electron chi connectivity index (χ1n) is 4.81. The molecule has 2 aromatic carbocycles. The molecule has 0 amide bonds. The molecular formula is C13H7ClF2O. The maximum atomic E-state index is 13.6. The second-order valence-electron chi connectivity index (χ2n) is 3.52. The van der Waals surface area contributed by atoms with Gasteiger partial charge in [0.1, 0.15) is 17.9 Å². The SMILES string of the molecule is O=Cc1ccc(F)c(-c2cc(F)cc(Cl)c2)c1. The van der Waals surface area contributed by atoms with Crippen LogP contribution in [0.15, 0.2) is 36.4 Å². The molecule has 0 aliphatic heterocycles. The fourth-order valence-corrected chi connectivity index (χ4v) is 1.77. The third-order valence-corrected chi connectivity index (χ3v) is 2.52. The minimum Gasteiger partial charge on any atom is -0.298 e. The smallest absolute Gasteiger partial charge is 0.150 e. The molecule has 0 saturated heterocycles. The zero-order valence-electron chi connectivity index (χ0n) is 8.58. The summed E-state index contributed by atoms with van der Waals surface area (Å²) >= 11 is 5.69. The molecule has 86 valence electrons. The van der Waals surface area contributed by atoms with Crippen molar-refractivity contribution < 1.29 is 13.6 Å². The number of carbonyl (C=O) groups is 1. The predicted octanol–water partition coefficient (Wildman–Crippen LogP) is 4.10. The first-order valence-corrected chi connectivity index (χ1v) is 5.19. The molecule has 0 radical (unpaired) electrons. The Morgan fingerprint density at radius 3 is 2.47 bits per heavy atom. The molecule has 0 bridgehead atoms. The van der Waals surface area contributed by atoms with E-state index in [4.69, 9.17) is 11.6 Å². The molecule has 17 heavy (non-hydrogen) atoms. The molecule has 0 spiro atoms. The Balaban J connectivity index is 2.62. The van der Waals surface area contributed by atoms with Gasteiger partial charge in [0.15, 0.2) is 0 Å². The monoisotopic (exact) mass is 252 g/mol. The van der Waals surface area contributed by atoms with E-state index in [0.29, 0.717) is 17.4 Å². The van der Waals surface area contributed by atoms with Crippen LogP contribution in [0.25, 0.3) is 11.1 Å². The van der Waals surface area contributed by atoms with Gasteiger partial charge in [-0.1, -0.05) is 11.6 Å². The maximum Gasteiger partial charge on any atom is 0.150 e. The maximum absolute atomic E-state index is 13.6. The van der Waals surface area contributed by atoms with E-state index < -0.39 is 11.6 Å². The second-order valence-corrected chi connectivity index (χ2v) is 3.95. The Kier molecular flexibility index (Phi) is 3.20. The summed E-state index contributed by atoms with van der Waals surface area (Å²) in [7, 11) is 0. The molecule has 0 heterocycles. The summed E-state index contributed by atoms with van der Waals surface area (Å²) in [5.74, 6) is -1.08. The van der Waals surface area contributed by atoms with E-state index in [1.165, 1.54) is 24.3 Å². The number of aldehydes is 1. The molecule has 2 aromatic rings. The quantitative estimate of drug-likeness (QED) is 0.736. The van der Waals surface area contributed by atoms with Gasteiger partial charge in [-0.15, -0.1) is 0 Å². The molecule has 0 fully saturated rings. The van der Waals surface area contributed by atoms with E-state index in [9.17, 15) is 13.6 Å². The average molecular weight is 253 g/mol. The highest BCUT2D eigenvalue weighted by Crippen LogP contribution is 2.27. The number of benzene rings is 2. The first kappa shape index (κ1) is 11.7. The van der Waals surface area contributed by atoms with Crippen LogP contribution in [0.2, 0.25) is 5.02 Å². The molecule has 0 aliphatic carbocycles. The Morgan fingerprint density at radius 1 is 1.06 bits per heavy atom. The number of rotatable bonds is 2. The van der Waals surface area contributed by atoms with Crippen molar-refractivity contribution in [2.45, 2.75) is 0 Å². The summed E-state index contributed by atoms with van der Waals surface area (Å²) < 4.78 is 26.7. The van der Waals surface area contributed by atoms with E-state index in [2.05, 4.69) is 0 Å². The molecule has 0 saturated carbocycles. The minimum atomic E-state index is -0.552. The van der Waals surface area contributed by atoms with Gasteiger partial charge in [-0.3, -0.25) is 4.79 Å². The van der Waals surface area contributed by atoms with Crippen molar-refractivity contribution in [3.63, 3.8) is 0 Å². The van der Waals surface area contributed by atoms with Crippen molar-refractivity contribution >= 4 is 17.9 Å². The third kappa shape index (κ3) is 2.50. The van der Waals surface area contributed by atoms with Gasteiger partial charge in [-0.25, -0.2) is 8.78 Å². The molecule has 0 N–H and O–H groups in total. The Labute approximate surface area is 102 Å². The van der Waals surface area contributed by atoms with Crippen LogP contribution < -0.4 is 0 Å². The van der Waals surface area contributed by atoms with Crippen LogP contribution >= 0.6 is 11.6 Å². The van der Waals surface area contributed by atoms with E-state index in [0.717, 1.165) is 12.1 Å². The standard InChI is InChI=1S/C13H7ClF2O/c14-10-4-9(5-11(15)6-10)12-3-8(7-17)1-2-13(12)16/h1-7H. The van der Waals surface area contributed by atoms with E-state index in [1.54, 1.807) is 0 Å². The molecule has 0 aliphatic rings. The summed E-state index contributed by atoms with van der Waals surface area (Å²) in [6.07, 6.45) is 0.601. The van der Waals surface area contributed by atoms with Gasteiger partial charge in [-0.05, 0) is 42.0 Å². The van der Waals surface area contributed by atoms with Crippen LogP contribution in [0.1, 0.15) is 10.4 Å². The van der Waals surface area contributed by atoms with Gasteiger partial charge in [0, 0.05) is 16.1 Å². The lowest BCUT2D eigenvalue weighted by atomic mass is 10.0. The van der Waals surface area contributed by atoms with Gasteiger partial charge >= 0.3 is 0 Å². The van der Waals surface area contributed by atoms with Crippen molar-refractivity contribution in [2.75, 3.05) is 0 Å². The van der Waals surface area contributed by atoms with Gasteiger partial charge in [0.25, 0.3) is 0 Å². The highest BCUT2D eigenvalue weighted by atomic mass is 35.5. The van der Waals surface area contributed by atoms with Crippen molar-refractivity contribution in [3.8, 4) is 11.1 Å². The molecule has 0 atom stereocenters. The topological polar surface area (TPSA) is 17.1 Å². The molecule has 1 nitrogen and oxygen atoms in total. The number of halogens is 3. The minimum absolute atomic E-state index is 0.149. The fraction of sp³-hybridized carbons (Fsp3) is 0. The molecule has 2 rings (SSSR count). The largest absolute Gasteiger partial charge is 0.298 e. The predicted molar refractivity (Wildman–Crippen MR) is 62.2 cm³/mol. The van der Waals surface area contributed by atoms with E-state index >= 15 is 0 Å². The third-order valence-electron chi connectivity index (χ3n) is 2.30. The van der Waals surface area contributed by atoms with Crippen LogP contribution in [0.5, 0.6) is 0 Å². The van der Waals surface area contributed by atoms with Crippen molar-refractivity contribution in [3.05, 3.63) is 58.6 Å². The zero-order valence-corrected chi connectivity index (χ0v) is 9.34. The highest BCUT2D eigenvalue weighted by molar-refractivity contribution is 6.30. The van der Waals surface area contributed by atoms with Crippen molar-refractivity contribution in [1.82, 2.24) is 0 Å². The van der Waals surface area contributed by atoms with Crippen molar-refractivity contribution in [2.24, 2.45) is 0 Å². The second kappa shape index (κ2) is 4.63. The zero-order chi connectivity index (χ0) is 12.4. The first-order chi connectivity index (χ1) is 8.10. The highest BCUT2D eigenvalue weighted by Gasteiger charge is 2.08.